The average Bonchev–Trinajstić information content (AvgIpc) is 2.92. The first-order valence-corrected chi connectivity index (χ1v) is 7.02. The minimum absolute atomic E-state index is 0.0878. The molecule has 0 fully saturated rings. The highest BCUT2D eigenvalue weighted by Crippen LogP contribution is 2.24. The fourth-order valence-electron chi connectivity index (χ4n) is 2.14. The molecule has 2 aromatic rings. The van der Waals surface area contributed by atoms with E-state index in [1.54, 1.807) is 27.2 Å². The van der Waals surface area contributed by atoms with E-state index in [0.29, 0.717) is 24.4 Å². The van der Waals surface area contributed by atoms with Crippen LogP contribution in [-0.4, -0.2) is 31.8 Å². The Hall–Kier alpha value is -2.50. The smallest absolute Gasteiger partial charge is 0.226 e. The molecule has 0 aliphatic rings. The number of ether oxygens (including phenoxy) is 2. The van der Waals surface area contributed by atoms with E-state index < -0.39 is 0 Å². The number of hydrogen-bond acceptors (Lipinski definition) is 5. The van der Waals surface area contributed by atoms with Crippen LogP contribution in [0, 0.1) is 6.92 Å². The second-order valence-electron chi connectivity index (χ2n) is 4.88. The molecule has 6 nitrogen and oxygen atoms in total. The van der Waals surface area contributed by atoms with Gasteiger partial charge in [-0.2, -0.15) is 0 Å². The number of nitrogens with zero attached hydrogens (tertiary/aromatic N) is 1. The van der Waals surface area contributed by atoms with Crippen LogP contribution < -0.4 is 14.8 Å². The lowest BCUT2D eigenvalue weighted by molar-refractivity contribution is -0.120. The summed E-state index contributed by atoms with van der Waals surface area (Å²) in [7, 11) is 3.24. The second-order valence-corrected chi connectivity index (χ2v) is 4.88. The van der Waals surface area contributed by atoms with Crippen molar-refractivity contribution in [3.05, 3.63) is 41.3 Å². The van der Waals surface area contributed by atoms with Gasteiger partial charge in [-0.3, -0.25) is 4.79 Å². The number of aryl methyl sites for hydroxylation is 1. The molecule has 0 radical (unpaired) electrons. The number of carbonyl (C=O) groups is 1. The van der Waals surface area contributed by atoms with Gasteiger partial charge in [-0.25, -0.2) is 0 Å². The van der Waals surface area contributed by atoms with Crippen molar-refractivity contribution in [2.75, 3.05) is 20.8 Å². The molecule has 22 heavy (non-hydrogen) atoms. The first-order chi connectivity index (χ1) is 10.6. The minimum atomic E-state index is -0.0878. The Balaban J connectivity index is 1.86. The van der Waals surface area contributed by atoms with Gasteiger partial charge >= 0.3 is 0 Å². The van der Waals surface area contributed by atoms with Crippen molar-refractivity contribution in [2.24, 2.45) is 0 Å². The van der Waals surface area contributed by atoms with Crippen molar-refractivity contribution in [3.63, 3.8) is 0 Å². The number of methoxy groups -OCH3 is 2. The standard InChI is InChI=1S/C16H20N2O4/c1-11-8-13(18-22-11)10-16(19)17-7-6-12-9-14(20-2)4-5-15(12)21-3/h4-5,8-9H,6-7,10H2,1-3H3,(H,17,19). The fourth-order valence-corrected chi connectivity index (χ4v) is 2.14. The molecule has 1 heterocycles. The van der Waals surface area contributed by atoms with Gasteiger partial charge in [0.25, 0.3) is 0 Å². The quantitative estimate of drug-likeness (QED) is 0.845. The first-order valence-electron chi connectivity index (χ1n) is 7.02. The lowest BCUT2D eigenvalue weighted by atomic mass is 10.1. The highest BCUT2D eigenvalue weighted by molar-refractivity contribution is 5.78. The van der Waals surface area contributed by atoms with E-state index in [2.05, 4.69) is 10.5 Å². The fraction of sp³-hybridized carbons (Fsp3) is 0.375. The highest BCUT2D eigenvalue weighted by Gasteiger charge is 2.09. The molecule has 0 saturated heterocycles. The molecule has 0 aliphatic carbocycles. The molecule has 0 aliphatic heterocycles. The largest absolute Gasteiger partial charge is 0.497 e. The summed E-state index contributed by atoms with van der Waals surface area (Å²) in [4.78, 5) is 11.8. The number of carbonyl (C=O) groups excluding carboxylic acids is 1. The van der Waals surface area contributed by atoms with E-state index in [4.69, 9.17) is 14.0 Å². The molecule has 6 heteroatoms. The molecule has 1 amide bonds. The molecule has 0 bridgehead atoms. The number of benzene rings is 1. The molecule has 0 saturated carbocycles. The van der Waals surface area contributed by atoms with Crippen LogP contribution in [0.5, 0.6) is 11.5 Å². The summed E-state index contributed by atoms with van der Waals surface area (Å²) >= 11 is 0. The summed E-state index contributed by atoms with van der Waals surface area (Å²) in [5, 5.41) is 6.66. The summed E-state index contributed by atoms with van der Waals surface area (Å²) in [6.45, 7) is 2.31. The van der Waals surface area contributed by atoms with Gasteiger partial charge < -0.3 is 19.3 Å². The summed E-state index contributed by atoms with van der Waals surface area (Å²) in [6, 6.07) is 7.36. The maximum absolute atomic E-state index is 11.8. The van der Waals surface area contributed by atoms with Crippen LogP contribution >= 0.6 is 0 Å². The minimum Gasteiger partial charge on any atom is -0.497 e. The van der Waals surface area contributed by atoms with Crippen molar-refractivity contribution in [2.45, 2.75) is 19.8 Å². The van der Waals surface area contributed by atoms with E-state index in [-0.39, 0.29) is 12.3 Å². The number of amides is 1. The Bertz CT molecular complexity index is 637. The van der Waals surface area contributed by atoms with Crippen molar-refractivity contribution >= 4 is 5.91 Å². The van der Waals surface area contributed by atoms with Gasteiger partial charge in [0.15, 0.2) is 0 Å². The molecule has 2 rings (SSSR count). The number of aromatic nitrogens is 1. The third kappa shape index (κ3) is 4.25. The summed E-state index contributed by atoms with van der Waals surface area (Å²) in [5.41, 5.74) is 1.62. The van der Waals surface area contributed by atoms with Crippen LogP contribution in [0.15, 0.2) is 28.8 Å². The number of nitrogens with one attached hydrogen (secondary N) is 1. The molecular weight excluding hydrogens is 284 g/mol. The Labute approximate surface area is 129 Å². The average molecular weight is 304 g/mol. The maximum atomic E-state index is 11.8. The van der Waals surface area contributed by atoms with Gasteiger partial charge in [-0.1, -0.05) is 5.16 Å². The zero-order chi connectivity index (χ0) is 15.9. The van der Waals surface area contributed by atoms with E-state index in [1.165, 1.54) is 0 Å². The van der Waals surface area contributed by atoms with Crippen LogP contribution in [0.3, 0.4) is 0 Å². The topological polar surface area (TPSA) is 73.6 Å². The maximum Gasteiger partial charge on any atom is 0.226 e. The number of hydrogen-bond donors (Lipinski definition) is 1. The molecule has 0 atom stereocenters. The Morgan fingerprint density at radius 2 is 2.09 bits per heavy atom. The van der Waals surface area contributed by atoms with Gasteiger partial charge in [-0.15, -0.1) is 0 Å². The monoisotopic (exact) mass is 304 g/mol. The van der Waals surface area contributed by atoms with E-state index in [9.17, 15) is 4.79 Å². The van der Waals surface area contributed by atoms with Crippen LogP contribution in [0.2, 0.25) is 0 Å². The number of rotatable bonds is 7. The van der Waals surface area contributed by atoms with Gasteiger partial charge in [0.1, 0.15) is 17.3 Å². The molecule has 118 valence electrons. The van der Waals surface area contributed by atoms with Gasteiger partial charge in [-0.05, 0) is 37.1 Å². The molecular formula is C16H20N2O4. The Morgan fingerprint density at radius 1 is 1.27 bits per heavy atom. The van der Waals surface area contributed by atoms with E-state index >= 15 is 0 Å². The summed E-state index contributed by atoms with van der Waals surface area (Å²) in [6.07, 6.45) is 0.872. The first kappa shape index (κ1) is 15.9. The Morgan fingerprint density at radius 3 is 2.73 bits per heavy atom. The Kier molecular flexibility index (Phi) is 5.41. The van der Waals surface area contributed by atoms with Crippen molar-refractivity contribution in [3.8, 4) is 11.5 Å². The zero-order valence-corrected chi connectivity index (χ0v) is 13.0. The van der Waals surface area contributed by atoms with Crippen molar-refractivity contribution in [1.29, 1.82) is 0 Å². The van der Waals surface area contributed by atoms with E-state index in [1.807, 2.05) is 18.2 Å². The van der Waals surface area contributed by atoms with Crippen molar-refractivity contribution < 1.29 is 18.8 Å². The third-order valence-corrected chi connectivity index (χ3v) is 3.22. The van der Waals surface area contributed by atoms with Crippen molar-refractivity contribution in [1.82, 2.24) is 10.5 Å². The summed E-state index contributed by atoms with van der Waals surface area (Å²) in [5.74, 6) is 2.15. The molecule has 1 aromatic carbocycles. The third-order valence-electron chi connectivity index (χ3n) is 3.22. The predicted molar refractivity (Wildman–Crippen MR) is 81.2 cm³/mol. The van der Waals surface area contributed by atoms with Crippen LogP contribution in [0.25, 0.3) is 0 Å². The molecule has 0 spiro atoms. The highest BCUT2D eigenvalue weighted by atomic mass is 16.5. The summed E-state index contributed by atoms with van der Waals surface area (Å²) < 4.78 is 15.4. The van der Waals surface area contributed by atoms with Gasteiger partial charge in [0, 0.05) is 12.6 Å². The van der Waals surface area contributed by atoms with Crippen LogP contribution in [-0.2, 0) is 17.6 Å². The normalized spacial score (nSPS) is 10.3. The molecule has 1 aromatic heterocycles. The van der Waals surface area contributed by atoms with Crippen LogP contribution in [0.1, 0.15) is 17.0 Å². The molecule has 1 N–H and O–H groups in total. The lowest BCUT2D eigenvalue weighted by Crippen LogP contribution is -2.27. The molecule has 0 unspecified atom stereocenters. The van der Waals surface area contributed by atoms with Gasteiger partial charge in [0.2, 0.25) is 5.91 Å². The van der Waals surface area contributed by atoms with E-state index in [0.717, 1.165) is 17.1 Å². The second kappa shape index (κ2) is 7.49. The van der Waals surface area contributed by atoms with Gasteiger partial charge in [0.05, 0.1) is 26.3 Å². The zero-order valence-electron chi connectivity index (χ0n) is 13.0. The SMILES string of the molecule is COc1ccc(OC)c(CCNC(=O)Cc2cc(C)on2)c1. The van der Waals surface area contributed by atoms with Crippen LogP contribution in [0.4, 0.5) is 0 Å². The predicted octanol–water partition coefficient (Wildman–Crippen LogP) is 1.90. The lowest BCUT2D eigenvalue weighted by Gasteiger charge is -2.11.